The molecule has 0 saturated carbocycles. The monoisotopic (exact) mass is 380 g/mol. The van der Waals surface area contributed by atoms with Crippen LogP contribution in [-0.2, 0) is 11.3 Å². The summed E-state index contributed by atoms with van der Waals surface area (Å²) >= 11 is 0. The SMILES string of the molecule is COCCNc1ccc(-c2noc([C@H]3CCCN3Cc3ccncc3)n2)cn1. The highest BCUT2D eigenvalue weighted by molar-refractivity contribution is 5.55. The van der Waals surface area contributed by atoms with Crippen LogP contribution in [-0.4, -0.2) is 51.8 Å². The molecule has 4 rings (SSSR count). The van der Waals surface area contributed by atoms with Crippen LogP contribution in [0.2, 0.25) is 0 Å². The van der Waals surface area contributed by atoms with Gasteiger partial charge in [0, 0.05) is 44.4 Å². The molecule has 1 atom stereocenters. The van der Waals surface area contributed by atoms with Crippen molar-refractivity contribution in [1.29, 1.82) is 0 Å². The van der Waals surface area contributed by atoms with Crippen molar-refractivity contribution < 1.29 is 9.26 Å². The van der Waals surface area contributed by atoms with Crippen molar-refractivity contribution >= 4 is 5.82 Å². The highest BCUT2D eigenvalue weighted by atomic mass is 16.5. The molecule has 1 aliphatic rings. The van der Waals surface area contributed by atoms with E-state index in [0.717, 1.165) is 37.3 Å². The number of hydrogen-bond acceptors (Lipinski definition) is 8. The molecular formula is C20H24N6O2. The third kappa shape index (κ3) is 4.35. The summed E-state index contributed by atoms with van der Waals surface area (Å²) in [4.78, 5) is 15.5. The average Bonchev–Trinajstić information content (AvgIpc) is 3.39. The standard InChI is InChI=1S/C20H24N6O2/c1-27-12-10-22-18-5-4-16(13-23-18)19-24-20(28-25-19)17-3-2-11-26(17)14-15-6-8-21-9-7-15/h4-9,13,17H,2-3,10-12,14H2,1H3,(H,22,23)/t17-/m1/s1. The summed E-state index contributed by atoms with van der Waals surface area (Å²) in [5.74, 6) is 2.04. The normalized spacial score (nSPS) is 17.1. The molecule has 8 heteroatoms. The fourth-order valence-corrected chi connectivity index (χ4v) is 3.42. The summed E-state index contributed by atoms with van der Waals surface area (Å²) < 4.78 is 10.6. The molecule has 1 fully saturated rings. The predicted molar refractivity (Wildman–Crippen MR) is 105 cm³/mol. The number of aromatic nitrogens is 4. The van der Waals surface area contributed by atoms with Crippen LogP contribution in [0.5, 0.6) is 0 Å². The van der Waals surface area contributed by atoms with Gasteiger partial charge in [-0.05, 0) is 49.2 Å². The first kappa shape index (κ1) is 18.5. The Labute approximate surface area is 164 Å². The molecule has 146 valence electrons. The lowest BCUT2D eigenvalue weighted by atomic mass is 10.2. The Kier molecular flexibility index (Phi) is 5.89. The maximum Gasteiger partial charge on any atom is 0.244 e. The number of rotatable bonds is 8. The lowest BCUT2D eigenvalue weighted by Gasteiger charge is -2.21. The molecule has 1 aliphatic heterocycles. The number of methoxy groups -OCH3 is 1. The first-order chi connectivity index (χ1) is 13.8. The lowest BCUT2D eigenvalue weighted by Crippen LogP contribution is -2.23. The molecule has 0 amide bonds. The highest BCUT2D eigenvalue weighted by Gasteiger charge is 2.30. The third-order valence-corrected chi connectivity index (χ3v) is 4.86. The van der Waals surface area contributed by atoms with E-state index in [1.165, 1.54) is 5.56 Å². The summed E-state index contributed by atoms with van der Waals surface area (Å²) in [5.41, 5.74) is 2.08. The maximum absolute atomic E-state index is 5.61. The Morgan fingerprint density at radius 1 is 1.25 bits per heavy atom. The molecule has 3 aromatic heterocycles. The van der Waals surface area contributed by atoms with E-state index in [-0.39, 0.29) is 6.04 Å². The van der Waals surface area contributed by atoms with Gasteiger partial charge in [0.05, 0.1) is 12.6 Å². The molecule has 0 aromatic carbocycles. The van der Waals surface area contributed by atoms with Crippen LogP contribution < -0.4 is 5.32 Å². The second-order valence-electron chi connectivity index (χ2n) is 6.79. The molecule has 0 radical (unpaired) electrons. The molecule has 4 heterocycles. The molecule has 0 bridgehead atoms. The highest BCUT2D eigenvalue weighted by Crippen LogP contribution is 2.33. The van der Waals surface area contributed by atoms with Crippen LogP contribution in [0.1, 0.15) is 30.3 Å². The van der Waals surface area contributed by atoms with E-state index in [0.29, 0.717) is 24.9 Å². The minimum absolute atomic E-state index is 0.150. The zero-order valence-electron chi connectivity index (χ0n) is 15.9. The summed E-state index contributed by atoms with van der Waals surface area (Å²) in [7, 11) is 1.68. The number of pyridine rings is 2. The molecule has 1 N–H and O–H groups in total. The number of ether oxygens (including phenoxy) is 1. The average molecular weight is 380 g/mol. The van der Waals surface area contributed by atoms with Gasteiger partial charge in [0.2, 0.25) is 11.7 Å². The number of nitrogens with one attached hydrogen (secondary N) is 1. The topological polar surface area (TPSA) is 89.2 Å². The fourth-order valence-electron chi connectivity index (χ4n) is 3.42. The van der Waals surface area contributed by atoms with Crippen LogP contribution >= 0.6 is 0 Å². The zero-order valence-corrected chi connectivity index (χ0v) is 15.9. The van der Waals surface area contributed by atoms with Crippen molar-refractivity contribution in [2.45, 2.75) is 25.4 Å². The number of likely N-dealkylation sites (tertiary alicyclic amines) is 1. The Balaban J connectivity index is 1.43. The zero-order chi connectivity index (χ0) is 19.2. The van der Waals surface area contributed by atoms with Gasteiger partial charge < -0.3 is 14.6 Å². The van der Waals surface area contributed by atoms with E-state index >= 15 is 0 Å². The quantitative estimate of drug-likeness (QED) is 0.597. The van der Waals surface area contributed by atoms with Gasteiger partial charge in [0.25, 0.3) is 0 Å². The predicted octanol–water partition coefficient (Wildman–Crippen LogP) is 2.92. The largest absolute Gasteiger partial charge is 0.383 e. The van der Waals surface area contributed by atoms with Gasteiger partial charge in [0.1, 0.15) is 5.82 Å². The molecule has 0 spiro atoms. The summed E-state index contributed by atoms with van der Waals surface area (Å²) in [6.07, 6.45) is 7.55. The van der Waals surface area contributed by atoms with Crippen LogP contribution in [0, 0.1) is 0 Å². The van der Waals surface area contributed by atoms with Crippen LogP contribution in [0.15, 0.2) is 47.4 Å². The minimum atomic E-state index is 0.150. The van der Waals surface area contributed by atoms with Gasteiger partial charge >= 0.3 is 0 Å². The first-order valence-corrected chi connectivity index (χ1v) is 9.49. The molecule has 3 aromatic rings. The van der Waals surface area contributed by atoms with Crippen LogP contribution in [0.3, 0.4) is 0 Å². The first-order valence-electron chi connectivity index (χ1n) is 9.49. The van der Waals surface area contributed by atoms with Gasteiger partial charge in [-0.1, -0.05) is 5.16 Å². The second-order valence-corrected chi connectivity index (χ2v) is 6.79. The van der Waals surface area contributed by atoms with E-state index in [1.807, 2.05) is 36.7 Å². The second kappa shape index (κ2) is 8.90. The summed E-state index contributed by atoms with van der Waals surface area (Å²) in [6.45, 7) is 3.22. The van der Waals surface area contributed by atoms with E-state index < -0.39 is 0 Å². The van der Waals surface area contributed by atoms with Crippen LogP contribution in [0.4, 0.5) is 5.82 Å². The molecule has 28 heavy (non-hydrogen) atoms. The van der Waals surface area contributed by atoms with Crippen molar-refractivity contribution in [3.8, 4) is 11.4 Å². The van der Waals surface area contributed by atoms with E-state index in [4.69, 9.17) is 9.26 Å². The Bertz CT molecular complexity index is 868. The smallest absolute Gasteiger partial charge is 0.244 e. The molecule has 1 saturated heterocycles. The van der Waals surface area contributed by atoms with E-state index in [9.17, 15) is 0 Å². The van der Waals surface area contributed by atoms with Crippen molar-refractivity contribution in [2.24, 2.45) is 0 Å². The van der Waals surface area contributed by atoms with Crippen molar-refractivity contribution in [3.63, 3.8) is 0 Å². The van der Waals surface area contributed by atoms with Gasteiger partial charge in [-0.25, -0.2) is 4.98 Å². The Morgan fingerprint density at radius 3 is 2.93 bits per heavy atom. The number of anilines is 1. The summed E-state index contributed by atoms with van der Waals surface area (Å²) in [5, 5.41) is 7.37. The van der Waals surface area contributed by atoms with E-state index in [1.54, 1.807) is 13.3 Å². The van der Waals surface area contributed by atoms with E-state index in [2.05, 4.69) is 30.3 Å². The van der Waals surface area contributed by atoms with Crippen molar-refractivity contribution in [1.82, 2.24) is 25.0 Å². The summed E-state index contributed by atoms with van der Waals surface area (Å²) in [6, 6.07) is 8.09. The molecule has 0 aliphatic carbocycles. The maximum atomic E-state index is 5.61. The molecular weight excluding hydrogens is 356 g/mol. The van der Waals surface area contributed by atoms with Gasteiger partial charge in [-0.15, -0.1) is 0 Å². The number of nitrogens with zero attached hydrogens (tertiary/aromatic N) is 5. The van der Waals surface area contributed by atoms with Crippen molar-refractivity contribution in [3.05, 3.63) is 54.3 Å². The number of hydrogen-bond donors (Lipinski definition) is 1. The van der Waals surface area contributed by atoms with Gasteiger partial charge in [-0.3, -0.25) is 9.88 Å². The third-order valence-electron chi connectivity index (χ3n) is 4.86. The van der Waals surface area contributed by atoms with Gasteiger partial charge in [-0.2, -0.15) is 4.98 Å². The minimum Gasteiger partial charge on any atom is -0.383 e. The lowest BCUT2D eigenvalue weighted by molar-refractivity contribution is 0.201. The molecule has 0 unspecified atom stereocenters. The fraction of sp³-hybridized carbons (Fsp3) is 0.400. The Morgan fingerprint density at radius 2 is 2.14 bits per heavy atom. The van der Waals surface area contributed by atoms with Crippen LogP contribution in [0.25, 0.3) is 11.4 Å². The Hall–Kier alpha value is -2.84. The van der Waals surface area contributed by atoms with Gasteiger partial charge in [0.15, 0.2) is 0 Å². The molecule has 8 nitrogen and oxygen atoms in total. The van der Waals surface area contributed by atoms with Crippen molar-refractivity contribution in [2.75, 3.05) is 32.1 Å².